The van der Waals surface area contributed by atoms with Crippen LogP contribution in [0, 0.1) is 17.2 Å². The van der Waals surface area contributed by atoms with Crippen molar-refractivity contribution in [2.24, 2.45) is 5.92 Å². The van der Waals surface area contributed by atoms with Crippen LogP contribution in [0.15, 0.2) is 18.2 Å². The first-order valence-corrected chi connectivity index (χ1v) is 6.81. The van der Waals surface area contributed by atoms with Crippen LogP contribution in [0.4, 0.5) is 0 Å². The largest absolute Gasteiger partial charge is 0.497 e. The highest BCUT2D eigenvalue weighted by Gasteiger charge is 2.12. The number of ether oxygens (including phenoxy) is 2. The summed E-state index contributed by atoms with van der Waals surface area (Å²) in [5.74, 6) is 1.69. The molecule has 20 heavy (non-hydrogen) atoms. The second-order valence-electron chi connectivity index (χ2n) is 6.06. The SMILES string of the molecule is COc1cc(C#N)cc(OCC(C)CNC(C)(C)C)c1. The van der Waals surface area contributed by atoms with Crippen molar-refractivity contribution in [1.82, 2.24) is 5.32 Å². The monoisotopic (exact) mass is 276 g/mol. The summed E-state index contributed by atoms with van der Waals surface area (Å²) in [5.41, 5.74) is 0.651. The predicted octanol–water partition coefficient (Wildman–Crippen LogP) is 2.97. The van der Waals surface area contributed by atoms with Crippen molar-refractivity contribution < 1.29 is 9.47 Å². The molecule has 110 valence electrons. The van der Waals surface area contributed by atoms with Crippen molar-refractivity contribution in [3.05, 3.63) is 23.8 Å². The van der Waals surface area contributed by atoms with E-state index < -0.39 is 0 Å². The van der Waals surface area contributed by atoms with Gasteiger partial charge in [0.05, 0.1) is 25.3 Å². The lowest BCUT2D eigenvalue weighted by Gasteiger charge is -2.23. The number of nitriles is 1. The van der Waals surface area contributed by atoms with Crippen molar-refractivity contribution in [3.63, 3.8) is 0 Å². The lowest BCUT2D eigenvalue weighted by molar-refractivity contribution is 0.243. The van der Waals surface area contributed by atoms with Crippen molar-refractivity contribution in [2.45, 2.75) is 33.2 Å². The van der Waals surface area contributed by atoms with Gasteiger partial charge in [0.1, 0.15) is 11.5 Å². The van der Waals surface area contributed by atoms with Gasteiger partial charge in [-0.25, -0.2) is 0 Å². The Morgan fingerprint density at radius 3 is 2.45 bits per heavy atom. The highest BCUT2D eigenvalue weighted by molar-refractivity contribution is 5.43. The topological polar surface area (TPSA) is 54.3 Å². The zero-order chi connectivity index (χ0) is 15.2. The number of hydrogen-bond donors (Lipinski definition) is 1. The number of hydrogen-bond acceptors (Lipinski definition) is 4. The summed E-state index contributed by atoms with van der Waals surface area (Å²) in [5, 5.41) is 12.4. The van der Waals surface area contributed by atoms with Gasteiger partial charge in [-0.15, -0.1) is 0 Å². The van der Waals surface area contributed by atoms with Crippen LogP contribution in [0.2, 0.25) is 0 Å². The molecule has 1 aromatic carbocycles. The normalized spacial score (nSPS) is 12.6. The van der Waals surface area contributed by atoms with Gasteiger partial charge >= 0.3 is 0 Å². The molecule has 0 heterocycles. The molecular formula is C16H24N2O2. The first kappa shape index (κ1) is 16.3. The van der Waals surface area contributed by atoms with Crippen LogP contribution < -0.4 is 14.8 Å². The Morgan fingerprint density at radius 1 is 1.25 bits per heavy atom. The van der Waals surface area contributed by atoms with Gasteiger partial charge in [-0.1, -0.05) is 6.92 Å². The van der Waals surface area contributed by atoms with E-state index in [0.29, 0.717) is 29.6 Å². The summed E-state index contributed by atoms with van der Waals surface area (Å²) in [4.78, 5) is 0. The van der Waals surface area contributed by atoms with E-state index in [4.69, 9.17) is 14.7 Å². The van der Waals surface area contributed by atoms with Crippen LogP contribution in [0.3, 0.4) is 0 Å². The maximum atomic E-state index is 8.96. The van der Waals surface area contributed by atoms with Gasteiger partial charge in [0.15, 0.2) is 0 Å². The van der Waals surface area contributed by atoms with Gasteiger partial charge < -0.3 is 14.8 Å². The van der Waals surface area contributed by atoms with Crippen LogP contribution >= 0.6 is 0 Å². The molecule has 0 amide bonds. The Labute approximate surface area is 121 Å². The van der Waals surface area contributed by atoms with Crippen LogP contribution in [0.25, 0.3) is 0 Å². The molecule has 0 spiro atoms. The summed E-state index contributed by atoms with van der Waals surface area (Å²) >= 11 is 0. The molecular weight excluding hydrogens is 252 g/mol. The fourth-order valence-corrected chi connectivity index (χ4v) is 1.62. The minimum atomic E-state index is 0.109. The van der Waals surface area contributed by atoms with Crippen LogP contribution in [0.5, 0.6) is 11.5 Å². The Hall–Kier alpha value is -1.73. The average Bonchev–Trinajstić information content (AvgIpc) is 2.41. The molecule has 0 bridgehead atoms. The minimum absolute atomic E-state index is 0.109. The summed E-state index contributed by atoms with van der Waals surface area (Å²) in [6.07, 6.45) is 0. The summed E-state index contributed by atoms with van der Waals surface area (Å²) in [7, 11) is 1.58. The van der Waals surface area contributed by atoms with Gasteiger partial charge in [-0.3, -0.25) is 0 Å². The van der Waals surface area contributed by atoms with Crippen LogP contribution in [-0.4, -0.2) is 25.8 Å². The summed E-state index contributed by atoms with van der Waals surface area (Å²) < 4.78 is 10.9. The average molecular weight is 276 g/mol. The maximum absolute atomic E-state index is 8.96. The number of nitrogens with one attached hydrogen (secondary N) is 1. The van der Waals surface area contributed by atoms with E-state index in [2.05, 4.69) is 39.1 Å². The second kappa shape index (κ2) is 7.16. The zero-order valence-corrected chi connectivity index (χ0v) is 13.0. The van der Waals surface area contributed by atoms with E-state index in [-0.39, 0.29) is 5.54 Å². The van der Waals surface area contributed by atoms with E-state index >= 15 is 0 Å². The third kappa shape index (κ3) is 5.94. The molecule has 0 fully saturated rings. The Morgan fingerprint density at radius 2 is 1.90 bits per heavy atom. The molecule has 0 aliphatic carbocycles. The van der Waals surface area contributed by atoms with E-state index in [1.165, 1.54) is 0 Å². The minimum Gasteiger partial charge on any atom is -0.497 e. The Balaban J connectivity index is 2.55. The van der Waals surface area contributed by atoms with Gasteiger partial charge in [0.2, 0.25) is 0 Å². The summed E-state index contributed by atoms with van der Waals surface area (Å²) in [6.45, 7) is 10.0. The van der Waals surface area contributed by atoms with Crippen molar-refractivity contribution in [1.29, 1.82) is 5.26 Å². The molecule has 1 atom stereocenters. The number of benzene rings is 1. The highest BCUT2D eigenvalue weighted by Crippen LogP contribution is 2.22. The lowest BCUT2D eigenvalue weighted by atomic mass is 10.1. The van der Waals surface area contributed by atoms with E-state index in [1.54, 1.807) is 25.3 Å². The van der Waals surface area contributed by atoms with Gasteiger partial charge in [-0.05, 0) is 32.9 Å². The molecule has 1 aromatic rings. The van der Waals surface area contributed by atoms with Crippen molar-refractivity contribution in [2.75, 3.05) is 20.3 Å². The Kier molecular flexibility index (Phi) is 5.84. The van der Waals surface area contributed by atoms with E-state index in [1.807, 2.05) is 0 Å². The zero-order valence-electron chi connectivity index (χ0n) is 13.0. The third-order valence-corrected chi connectivity index (χ3v) is 2.76. The first-order valence-electron chi connectivity index (χ1n) is 6.81. The van der Waals surface area contributed by atoms with E-state index in [9.17, 15) is 0 Å². The highest BCUT2D eigenvalue weighted by atomic mass is 16.5. The lowest BCUT2D eigenvalue weighted by Crippen LogP contribution is -2.39. The van der Waals surface area contributed by atoms with Gasteiger partial charge in [0.25, 0.3) is 0 Å². The molecule has 1 rings (SSSR count). The third-order valence-electron chi connectivity index (χ3n) is 2.76. The standard InChI is InChI=1S/C16H24N2O2/c1-12(10-18-16(2,3)4)11-20-15-7-13(9-17)6-14(8-15)19-5/h6-8,12,18H,10-11H2,1-5H3. The molecule has 0 saturated heterocycles. The van der Waals surface area contributed by atoms with E-state index in [0.717, 1.165) is 6.54 Å². The Bertz CT molecular complexity index is 472. The van der Waals surface area contributed by atoms with Crippen LogP contribution in [0.1, 0.15) is 33.3 Å². The molecule has 4 nitrogen and oxygen atoms in total. The van der Waals surface area contributed by atoms with Crippen molar-refractivity contribution in [3.8, 4) is 17.6 Å². The van der Waals surface area contributed by atoms with Crippen molar-refractivity contribution >= 4 is 0 Å². The quantitative estimate of drug-likeness (QED) is 0.868. The molecule has 1 N–H and O–H groups in total. The molecule has 0 aromatic heterocycles. The molecule has 0 aliphatic rings. The van der Waals surface area contributed by atoms with Gasteiger partial charge in [0, 0.05) is 24.1 Å². The predicted molar refractivity (Wildman–Crippen MR) is 80.1 cm³/mol. The molecule has 1 unspecified atom stereocenters. The fourth-order valence-electron chi connectivity index (χ4n) is 1.62. The first-order chi connectivity index (χ1) is 9.34. The maximum Gasteiger partial charge on any atom is 0.124 e. The molecule has 4 heteroatoms. The molecule has 0 radical (unpaired) electrons. The fraction of sp³-hybridized carbons (Fsp3) is 0.562. The number of nitrogens with zero attached hydrogens (tertiary/aromatic N) is 1. The van der Waals surface area contributed by atoms with Crippen LogP contribution in [-0.2, 0) is 0 Å². The molecule has 0 saturated carbocycles. The summed E-state index contributed by atoms with van der Waals surface area (Å²) in [6, 6.07) is 7.32. The molecule has 0 aliphatic heterocycles. The second-order valence-corrected chi connectivity index (χ2v) is 6.06. The number of methoxy groups -OCH3 is 1. The van der Waals surface area contributed by atoms with Gasteiger partial charge in [-0.2, -0.15) is 5.26 Å². The number of rotatable bonds is 6. The smallest absolute Gasteiger partial charge is 0.124 e.